The van der Waals surface area contributed by atoms with Crippen molar-refractivity contribution in [2.75, 3.05) is 31.1 Å². The minimum atomic E-state index is -0.0931. The summed E-state index contributed by atoms with van der Waals surface area (Å²) in [4.78, 5) is 35.5. The molecule has 3 amide bonds. The Labute approximate surface area is 155 Å². The van der Waals surface area contributed by atoms with Crippen molar-refractivity contribution in [2.24, 2.45) is 0 Å². The van der Waals surface area contributed by atoms with Gasteiger partial charge in [0, 0.05) is 37.9 Å². The summed E-state index contributed by atoms with van der Waals surface area (Å²) in [6.07, 6.45) is 3.57. The molecule has 1 aromatic carbocycles. The topological polar surface area (TPSA) is 99.2 Å². The molecule has 9 nitrogen and oxygen atoms in total. The van der Waals surface area contributed by atoms with Crippen molar-refractivity contribution in [2.45, 2.75) is 13.0 Å². The van der Waals surface area contributed by atoms with Gasteiger partial charge in [0.25, 0.3) is 5.91 Å². The highest BCUT2D eigenvalue weighted by Gasteiger charge is 2.34. The number of rotatable bonds is 3. The van der Waals surface area contributed by atoms with Crippen LogP contribution in [0.4, 0.5) is 10.5 Å². The number of aromatic nitrogens is 4. The third-order valence-corrected chi connectivity index (χ3v) is 5.13. The lowest BCUT2D eigenvalue weighted by molar-refractivity contribution is 0.0502. The highest BCUT2D eigenvalue weighted by Crippen LogP contribution is 2.26. The number of H-pyrrole nitrogens is 1. The Balaban J connectivity index is 1.26. The molecule has 27 heavy (non-hydrogen) atoms. The van der Waals surface area contributed by atoms with Crippen LogP contribution in [-0.2, 0) is 0 Å². The molecular formula is C18H19N7O2. The van der Waals surface area contributed by atoms with Gasteiger partial charge >= 0.3 is 6.03 Å². The average Bonchev–Trinajstić information content (AvgIpc) is 3.31. The summed E-state index contributed by atoms with van der Waals surface area (Å²) in [5, 5.41) is 7.15. The predicted molar refractivity (Wildman–Crippen MR) is 98.7 cm³/mol. The number of urea groups is 1. The van der Waals surface area contributed by atoms with Gasteiger partial charge in [0.15, 0.2) is 0 Å². The molecule has 0 radical (unpaired) electrons. The summed E-state index contributed by atoms with van der Waals surface area (Å²) in [6, 6.07) is 5.57. The molecule has 2 aliphatic rings. The zero-order chi connectivity index (χ0) is 18.5. The van der Waals surface area contributed by atoms with Crippen LogP contribution in [0.25, 0.3) is 11.0 Å². The molecule has 3 aromatic rings. The van der Waals surface area contributed by atoms with Gasteiger partial charge in [-0.25, -0.2) is 9.78 Å². The van der Waals surface area contributed by atoms with Crippen molar-refractivity contribution >= 4 is 28.7 Å². The first-order chi connectivity index (χ1) is 13.1. The largest absolute Gasteiger partial charge is 0.342 e. The number of hydrogen-bond acceptors (Lipinski definition) is 4. The van der Waals surface area contributed by atoms with Crippen LogP contribution in [0.3, 0.4) is 0 Å². The van der Waals surface area contributed by atoms with E-state index in [1.807, 2.05) is 36.0 Å². The van der Waals surface area contributed by atoms with Gasteiger partial charge < -0.3 is 15.2 Å². The standard InChI is InChI=1S/C18H19N7O2/c1-11-21-15-3-2-12(6-16(15)22-11)17(26)23-8-14(9-23)25-10-13(7-20-25)24-5-4-19-18(24)27/h2-3,6-7,10,14H,4-5,8-9H2,1H3,(H,19,27)(H,21,22). The number of anilines is 1. The maximum atomic E-state index is 12.7. The second-order valence-corrected chi connectivity index (χ2v) is 6.98. The van der Waals surface area contributed by atoms with Crippen LogP contribution < -0.4 is 10.2 Å². The number of hydrogen-bond donors (Lipinski definition) is 2. The van der Waals surface area contributed by atoms with Crippen LogP contribution in [0.15, 0.2) is 30.6 Å². The lowest BCUT2D eigenvalue weighted by atomic mass is 10.1. The van der Waals surface area contributed by atoms with Crippen LogP contribution in [0, 0.1) is 6.92 Å². The Morgan fingerprint density at radius 3 is 2.93 bits per heavy atom. The van der Waals surface area contributed by atoms with Gasteiger partial charge in [-0.1, -0.05) is 0 Å². The summed E-state index contributed by atoms with van der Waals surface area (Å²) in [7, 11) is 0. The molecule has 2 saturated heterocycles. The summed E-state index contributed by atoms with van der Waals surface area (Å²) in [5.74, 6) is 0.839. The molecule has 2 aromatic heterocycles. The molecular weight excluding hydrogens is 346 g/mol. The number of aryl methyl sites for hydroxylation is 1. The molecule has 0 spiro atoms. The maximum Gasteiger partial charge on any atom is 0.322 e. The molecule has 138 valence electrons. The fourth-order valence-corrected chi connectivity index (χ4v) is 3.63. The molecule has 4 heterocycles. The van der Waals surface area contributed by atoms with Crippen LogP contribution >= 0.6 is 0 Å². The van der Waals surface area contributed by atoms with Crippen molar-refractivity contribution < 1.29 is 9.59 Å². The van der Waals surface area contributed by atoms with Gasteiger partial charge in [-0.15, -0.1) is 0 Å². The van der Waals surface area contributed by atoms with Gasteiger partial charge in [-0.05, 0) is 25.1 Å². The van der Waals surface area contributed by atoms with Gasteiger partial charge in [0.1, 0.15) is 5.82 Å². The summed E-state index contributed by atoms with van der Waals surface area (Å²) < 4.78 is 1.84. The van der Waals surface area contributed by atoms with E-state index in [1.165, 1.54) is 0 Å². The lowest BCUT2D eigenvalue weighted by Crippen LogP contribution is -2.50. The average molecular weight is 365 g/mol. The Bertz CT molecular complexity index is 1050. The third kappa shape index (κ3) is 2.62. The molecule has 0 saturated carbocycles. The van der Waals surface area contributed by atoms with E-state index in [0.717, 1.165) is 22.5 Å². The number of likely N-dealkylation sites (tertiary alicyclic amines) is 1. The normalized spacial score (nSPS) is 17.4. The van der Waals surface area contributed by atoms with Crippen molar-refractivity contribution in [3.8, 4) is 0 Å². The van der Waals surface area contributed by atoms with E-state index in [4.69, 9.17) is 0 Å². The molecule has 0 unspecified atom stereocenters. The van der Waals surface area contributed by atoms with E-state index >= 15 is 0 Å². The molecule has 0 atom stereocenters. The first-order valence-corrected chi connectivity index (χ1v) is 8.93. The number of carbonyl (C=O) groups excluding carboxylic acids is 2. The van der Waals surface area contributed by atoms with Crippen molar-refractivity contribution in [3.05, 3.63) is 42.0 Å². The van der Waals surface area contributed by atoms with E-state index in [0.29, 0.717) is 31.7 Å². The fraction of sp³-hybridized carbons (Fsp3) is 0.333. The fourth-order valence-electron chi connectivity index (χ4n) is 3.63. The first kappa shape index (κ1) is 15.9. The quantitative estimate of drug-likeness (QED) is 0.731. The highest BCUT2D eigenvalue weighted by atomic mass is 16.2. The van der Waals surface area contributed by atoms with Crippen LogP contribution in [0.2, 0.25) is 0 Å². The molecule has 2 N–H and O–H groups in total. The van der Waals surface area contributed by atoms with Gasteiger partial charge in [-0.3, -0.25) is 14.4 Å². The first-order valence-electron chi connectivity index (χ1n) is 8.93. The SMILES string of the molecule is Cc1nc2ccc(C(=O)N3CC(n4cc(N5CCNC5=O)cn4)C3)cc2[nH]1. The van der Waals surface area contributed by atoms with Gasteiger partial charge in [0.05, 0.1) is 29.0 Å². The number of imidazole rings is 1. The van der Waals surface area contributed by atoms with E-state index in [9.17, 15) is 9.59 Å². The van der Waals surface area contributed by atoms with Gasteiger partial charge in [0.2, 0.25) is 0 Å². The smallest absolute Gasteiger partial charge is 0.322 e. The number of nitrogens with zero attached hydrogens (tertiary/aromatic N) is 5. The Morgan fingerprint density at radius 2 is 2.15 bits per heavy atom. The van der Waals surface area contributed by atoms with Crippen molar-refractivity contribution in [1.82, 2.24) is 30.0 Å². The minimum absolute atomic E-state index is 0.00621. The van der Waals surface area contributed by atoms with E-state index in [2.05, 4.69) is 20.4 Å². The zero-order valence-electron chi connectivity index (χ0n) is 14.8. The monoisotopic (exact) mass is 365 g/mol. The highest BCUT2D eigenvalue weighted by molar-refractivity contribution is 5.98. The summed E-state index contributed by atoms with van der Waals surface area (Å²) in [6.45, 7) is 4.40. The minimum Gasteiger partial charge on any atom is -0.342 e. The van der Waals surface area contributed by atoms with Crippen molar-refractivity contribution in [1.29, 1.82) is 0 Å². The van der Waals surface area contributed by atoms with E-state index < -0.39 is 0 Å². The number of amides is 3. The second kappa shape index (κ2) is 5.83. The predicted octanol–water partition coefficient (Wildman–Crippen LogP) is 1.29. The summed E-state index contributed by atoms with van der Waals surface area (Å²) in [5.41, 5.74) is 3.17. The van der Waals surface area contributed by atoms with E-state index in [1.54, 1.807) is 16.0 Å². The number of benzene rings is 1. The van der Waals surface area contributed by atoms with E-state index in [-0.39, 0.29) is 18.0 Å². The number of carbonyl (C=O) groups is 2. The van der Waals surface area contributed by atoms with Crippen LogP contribution in [-0.4, -0.2) is 62.8 Å². The Hall–Kier alpha value is -3.36. The molecule has 5 rings (SSSR count). The molecule has 0 bridgehead atoms. The van der Waals surface area contributed by atoms with Crippen LogP contribution in [0.1, 0.15) is 22.2 Å². The van der Waals surface area contributed by atoms with Crippen molar-refractivity contribution in [3.63, 3.8) is 0 Å². The summed E-state index contributed by atoms with van der Waals surface area (Å²) >= 11 is 0. The second-order valence-electron chi connectivity index (χ2n) is 6.98. The Kier molecular flexibility index (Phi) is 3.43. The van der Waals surface area contributed by atoms with Gasteiger partial charge in [-0.2, -0.15) is 5.10 Å². The van der Waals surface area contributed by atoms with Crippen LogP contribution in [0.5, 0.6) is 0 Å². The molecule has 9 heteroatoms. The molecule has 2 fully saturated rings. The third-order valence-electron chi connectivity index (χ3n) is 5.13. The number of fused-ring (bicyclic) bond motifs is 1. The maximum absolute atomic E-state index is 12.7. The molecule has 0 aliphatic carbocycles. The zero-order valence-corrected chi connectivity index (χ0v) is 14.8. The Morgan fingerprint density at radius 1 is 1.30 bits per heavy atom. The molecule has 2 aliphatic heterocycles. The number of nitrogens with one attached hydrogen (secondary N) is 2. The lowest BCUT2D eigenvalue weighted by Gasteiger charge is -2.39. The number of aromatic amines is 1.